The van der Waals surface area contributed by atoms with E-state index in [0.29, 0.717) is 35.6 Å². The van der Waals surface area contributed by atoms with Gasteiger partial charge >= 0.3 is 0 Å². The molecule has 0 atom stereocenters. The monoisotopic (exact) mass is 404 g/mol. The summed E-state index contributed by atoms with van der Waals surface area (Å²) in [5.41, 5.74) is 3.89. The maximum absolute atomic E-state index is 13.4. The van der Waals surface area contributed by atoms with Crippen LogP contribution in [0.4, 0.5) is 0 Å². The minimum atomic E-state index is -0.145. The van der Waals surface area contributed by atoms with E-state index in [-0.39, 0.29) is 11.8 Å². The van der Waals surface area contributed by atoms with Gasteiger partial charge in [0.1, 0.15) is 11.5 Å². The van der Waals surface area contributed by atoms with Crippen LogP contribution in [0, 0.1) is 0 Å². The number of methoxy groups -OCH3 is 2. The zero-order valence-electron chi connectivity index (χ0n) is 17.6. The molecule has 0 fully saturated rings. The lowest BCUT2D eigenvalue weighted by Crippen LogP contribution is -2.29. The molecule has 2 aromatic rings. The first-order valence-electron chi connectivity index (χ1n) is 9.97. The molecule has 30 heavy (non-hydrogen) atoms. The van der Waals surface area contributed by atoms with Gasteiger partial charge in [0.25, 0.3) is 11.8 Å². The molecule has 0 saturated heterocycles. The second-order valence-corrected chi connectivity index (χ2v) is 7.00. The van der Waals surface area contributed by atoms with Crippen LogP contribution >= 0.6 is 0 Å². The molecule has 0 unspecified atom stereocenters. The largest absolute Gasteiger partial charge is 0.497 e. The Morgan fingerprint density at radius 3 is 1.23 bits per heavy atom. The number of ether oxygens (including phenoxy) is 2. The van der Waals surface area contributed by atoms with Gasteiger partial charge < -0.3 is 19.3 Å². The number of nitrogens with zero attached hydrogens (tertiary/aromatic N) is 2. The Morgan fingerprint density at radius 1 is 0.633 bits per heavy atom. The number of fused-ring (bicyclic) bond motifs is 1. The molecule has 0 aromatic heterocycles. The first-order chi connectivity index (χ1) is 14.5. The topological polar surface area (TPSA) is 59.1 Å². The van der Waals surface area contributed by atoms with Gasteiger partial charge in [-0.05, 0) is 73.5 Å². The fourth-order valence-corrected chi connectivity index (χ4v) is 4.10. The Labute approximate surface area is 176 Å². The molecule has 0 spiro atoms. The molecule has 2 aromatic carbocycles. The lowest BCUT2D eigenvalue weighted by atomic mass is 10.0. The van der Waals surface area contributed by atoms with E-state index in [9.17, 15) is 9.59 Å². The summed E-state index contributed by atoms with van der Waals surface area (Å²) in [6, 6.07) is 14.9. The molecule has 0 radical (unpaired) electrons. The third kappa shape index (κ3) is 2.87. The van der Waals surface area contributed by atoms with Crippen LogP contribution in [0.15, 0.2) is 59.7 Å². The highest BCUT2D eigenvalue weighted by molar-refractivity contribution is 6.30. The predicted octanol–water partition coefficient (Wildman–Crippen LogP) is 3.55. The van der Waals surface area contributed by atoms with Crippen molar-refractivity contribution in [3.05, 3.63) is 70.8 Å². The molecular formula is C24H24N2O4. The molecule has 0 bridgehead atoms. The van der Waals surface area contributed by atoms with Crippen LogP contribution < -0.4 is 9.47 Å². The quantitative estimate of drug-likeness (QED) is 0.739. The Balaban J connectivity index is 1.95. The van der Waals surface area contributed by atoms with E-state index in [2.05, 4.69) is 0 Å². The number of amides is 2. The highest BCUT2D eigenvalue weighted by atomic mass is 16.5. The number of benzene rings is 2. The summed E-state index contributed by atoms with van der Waals surface area (Å²) in [7, 11) is 3.21. The van der Waals surface area contributed by atoms with Crippen molar-refractivity contribution in [3.8, 4) is 11.5 Å². The third-order valence-electron chi connectivity index (χ3n) is 5.54. The highest BCUT2D eigenvalue weighted by Gasteiger charge is 2.47. The van der Waals surface area contributed by atoms with Gasteiger partial charge in [-0.25, -0.2) is 0 Å². The normalized spacial score (nSPS) is 16.0. The van der Waals surface area contributed by atoms with Crippen LogP contribution in [0.2, 0.25) is 0 Å². The van der Waals surface area contributed by atoms with Crippen molar-refractivity contribution < 1.29 is 19.1 Å². The van der Waals surface area contributed by atoms with Crippen molar-refractivity contribution in [3.63, 3.8) is 0 Å². The molecule has 0 N–H and O–H groups in total. The second-order valence-electron chi connectivity index (χ2n) is 7.00. The molecule has 4 rings (SSSR count). The summed E-state index contributed by atoms with van der Waals surface area (Å²) in [6.07, 6.45) is 0. The van der Waals surface area contributed by atoms with Crippen LogP contribution in [-0.4, -0.2) is 48.9 Å². The van der Waals surface area contributed by atoms with Gasteiger partial charge in [-0.2, -0.15) is 0 Å². The smallest absolute Gasteiger partial charge is 0.261 e. The Hall–Kier alpha value is -3.54. The van der Waals surface area contributed by atoms with Gasteiger partial charge in [0.2, 0.25) is 0 Å². The fraction of sp³-hybridized carbons (Fsp3) is 0.250. The molecule has 2 aliphatic heterocycles. The number of hydrogen-bond acceptors (Lipinski definition) is 4. The summed E-state index contributed by atoms with van der Waals surface area (Å²) in [4.78, 5) is 30.2. The van der Waals surface area contributed by atoms with E-state index >= 15 is 0 Å². The first kappa shape index (κ1) is 19.8. The van der Waals surface area contributed by atoms with E-state index in [1.807, 2.05) is 62.4 Å². The minimum Gasteiger partial charge on any atom is -0.497 e. The van der Waals surface area contributed by atoms with Crippen LogP contribution in [0.5, 0.6) is 11.5 Å². The number of likely N-dealkylation sites (N-methyl/N-ethyl adjacent to an activating group) is 2. The van der Waals surface area contributed by atoms with E-state index in [4.69, 9.17) is 9.47 Å². The average molecular weight is 404 g/mol. The Morgan fingerprint density at radius 2 is 0.967 bits per heavy atom. The van der Waals surface area contributed by atoms with Crippen molar-refractivity contribution in [1.82, 2.24) is 9.80 Å². The predicted molar refractivity (Wildman–Crippen MR) is 115 cm³/mol. The molecule has 6 nitrogen and oxygen atoms in total. The lowest BCUT2D eigenvalue weighted by Gasteiger charge is -2.23. The van der Waals surface area contributed by atoms with Gasteiger partial charge in [-0.3, -0.25) is 9.59 Å². The molecule has 2 aliphatic rings. The van der Waals surface area contributed by atoms with Gasteiger partial charge in [-0.1, -0.05) is 0 Å². The summed E-state index contributed by atoms with van der Waals surface area (Å²) >= 11 is 0. The summed E-state index contributed by atoms with van der Waals surface area (Å²) in [5, 5.41) is 0. The van der Waals surface area contributed by atoms with Gasteiger partial charge in [0.15, 0.2) is 0 Å². The zero-order valence-corrected chi connectivity index (χ0v) is 17.6. The second kappa shape index (κ2) is 7.71. The van der Waals surface area contributed by atoms with Crippen molar-refractivity contribution >= 4 is 23.2 Å². The van der Waals surface area contributed by atoms with E-state index in [1.165, 1.54) is 0 Å². The number of carbonyl (C=O) groups excluding carboxylic acids is 2. The summed E-state index contributed by atoms with van der Waals surface area (Å²) in [5.74, 6) is 1.15. The van der Waals surface area contributed by atoms with Gasteiger partial charge in [-0.15, -0.1) is 0 Å². The van der Waals surface area contributed by atoms with Crippen molar-refractivity contribution in [2.75, 3.05) is 27.3 Å². The highest BCUT2D eigenvalue weighted by Crippen LogP contribution is 2.46. The molecule has 0 aliphatic carbocycles. The first-order valence-corrected chi connectivity index (χ1v) is 9.97. The van der Waals surface area contributed by atoms with Gasteiger partial charge in [0.05, 0.1) is 36.8 Å². The molecular weight excluding hydrogens is 380 g/mol. The van der Waals surface area contributed by atoms with Crippen LogP contribution in [-0.2, 0) is 9.59 Å². The minimum absolute atomic E-state index is 0.145. The van der Waals surface area contributed by atoms with E-state index < -0.39 is 0 Å². The average Bonchev–Trinajstić information content (AvgIpc) is 3.25. The molecule has 0 saturated carbocycles. The van der Waals surface area contributed by atoms with Crippen molar-refractivity contribution in [2.24, 2.45) is 0 Å². The SMILES string of the molecule is CCN1C(=O)C2=C(c3ccc(OC)cc3)N(CC)C(=O)C2=C1c1ccc(OC)cc1. The maximum atomic E-state index is 13.4. The molecule has 6 heteroatoms. The number of hydrogen-bond donors (Lipinski definition) is 0. The van der Waals surface area contributed by atoms with E-state index in [1.54, 1.807) is 24.0 Å². The standard InChI is InChI=1S/C24H24N2O4/c1-5-25-21(15-7-11-17(29-3)12-8-15)19-20(23(25)27)22(26(6-2)24(19)28)16-9-13-18(30-4)14-10-16/h7-14H,5-6H2,1-4H3. The summed E-state index contributed by atoms with van der Waals surface area (Å²) in [6.45, 7) is 4.78. The number of carbonyl (C=O) groups is 2. The molecule has 2 heterocycles. The Kier molecular flexibility index (Phi) is 5.08. The maximum Gasteiger partial charge on any atom is 0.261 e. The lowest BCUT2D eigenvalue weighted by molar-refractivity contribution is -0.124. The zero-order chi connectivity index (χ0) is 21.4. The van der Waals surface area contributed by atoms with Crippen LogP contribution in [0.3, 0.4) is 0 Å². The number of rotatable bonds is 6. The Bertz CT molecular complexity index is 978. The van der Waals surface area contributed by atoms with Crippen LogP contribution in [0.1, 0.15) is 25.0 Å². The van der Waals surface area contributed by atoms with Crippen molar-refractivity contribution in [2.45, 2.75) is 13.8 Å². The van der Waals surface area contributed by atoms with Gasteiger partial charge in [0, 0.05) is 13.1 Å². The molecule has 154 valence electrons. The van der Waals surface area contributed by atoms with E-state index in [0.717, 1.165) is 22.6 Å². The van der Waals surface area contributed by atoms with Crippen LogP contribution in [0.25, 0.3) is 11.4 Å². The van der Waals surface area contributed by atoms with Crippen molar-refractivity contribution in [1.29, 1.82) is 0 Å². The fourth-order valence-electron chi connectivity index (χ4n) is 4.10. The summed E-state index contributed by atoms with van der Waals surface area (Å²) < 4.78 is 10.5. The third-order valence-corrected chi connectivity index (χ3v) is 5.54. The molecule has 2 amide bonds.